The van der Waals surface area contributed by atoms with Crippen molar-refractivity contribution in [3.05, 3.63) is 24.3 Å². The molecule has 0 aromatic heterocycles. The minimum atomic E-state index is -4.86. The highest BCUT2D eigenvalue weighted by Crippen LogP contribution is 2.26. The summed E-state index contributed by atoms with van der Waals surface area (Å²) in [6, 6.07) is 3.98. The lowest BCUT2D eigenvalue weighted by Crippen LogP contribution is -2.52. The molecule has 2 fully saturated rings. The van der Waals surface area contributed by atoms with Crippen molar-refractivity contribution >= 4 is 21.8 Å². The number of sulfonamides is 1. The largest absolute Gasteiger partial charge is 0.573 e. The molecule has 32 heavy (non-hydrogen) atoms. The Balaban J connectivity index is 1.49. The fourth-order valence-corrected chi connectivity index (χ4v) is 5.35. The van der Waals surface area contributed by atoms with E-state index in [-0.39, 0.29) is 55.4 Å². The van der Waals surface area contributed by atoms with Gasteiger partial charge in [-0.25, -0.2) is 8.42 Å². The van der Waals surface area contributed by atoms with Gasteiger partial charge in [0.1, 0.15) is 5.75 Å². The second kappa shape index (κ2) is 10.1. The average Bonchev–Trinajstić information content (AvgIpc) is 2.77. The van der Waals surface area contributed by atoms with Gasteiger partial charge in [-0.1, -0.05) is 19.3 Å². The van der Waals surface area contributed by atoms with E-state index in [2.05, 4.69) is 10.1 Å². The van der Waals surface area contributed by atoms with Gasteiger partial charge in [-0.15, -0.1) is 13.2 Å². The quantitative estimate of drug-likeness (QED) is 0.677. The van der Waals surface area contributed by atoms with Gasteiger partial charge in [-0.05, 0) is 37.1 Å². The van der Waals surface area contributed by atoms with E-state index in [0.717, 1.165) is 56.4 Å². The van der Waals surface area contributed by atoms with E-state index >= 15 is 0 Å². The van der Waals surface area contributed by atoms with Gasteiger partial charge in [-0.3, -0.25) is 9.59 Å². The summed E-state index contributed by atoms with van der Waals surface area (Å²) in [6.45, 7) is 0.291. The van der Waals surface area contributed by atoms with Crippen LogP contribution in [0.2, 0.25) is 0 Å². The lowest BCUT2D eigenvalue weighted by molar-refractivity contribution is -0.274. The lowest BCUT2D eigenvalue weighted by Gasteiger charge is -2.34. The maximum atomic E-state index is 12.8. The van der Waals surface area contributed by atoms with E-state index in [1.807, 2.05) is 0 Å². The van der Waals surface area contributed by atoms with E-state index in [1.165, 1.54) is 9.21 Å². The fourth-order valence-electron chi connectivity index (χ4n) is 3.92. The lowest BCUT2D eigenvalue weighted by atomic mass is 9.89. The Kier molecular flexibility index (Phi) is 7.65. The molecule has 0 spiro atoms. The molecular formula is C20H26F3N3O5S. The SMILES string of the molecule is O=C(NCC(=O)N1CCN(S(=O)(=O)c2ccc(OC(F)(F)F)cc2)CC1)C1CCCCC1. The van der Waals surface area contributed by atoms with E-state index in [0.29, 0.717) is 0 Å². The van der Waals surface area contributed by atoms with Crippen LogP contribution in [0.3, 0.4) is 0 Å². The van der Waals surface area contributed by atoms with Gasteiger partial charge in [-0.2, -0.15) is 4.31 Å². The first-order valence-corrected chi connectivity index (χ1v) is 11.9. The molecule has 3 rings (SSSR count). The molecule has 1 heterocycles. The number of carbonyl (C=O) groups is 2. The third-order valence-corrected chi connectivity index (χ3v) is 7.59. The molecule has 0 atom stereocenters. The molecule has 1 aromatic rings. The maximum absolute atomic E-state index is 12.8. The Bertz CT molecular complexity index is 907. The number of alkyl halides is 3. The van der Waals surface area contributed by atoms with Crippen LogP contribution in [0.4, 0.5) is 13.2 Å². The zero-order valence-electron chi connectivity index (χ0n) is 17.4. The number of ether oxygens (including phenoxy) is 1. The predicted molar refractivity (Wildman–Crippen MR) is 108 cm³/mol. The van der Waals surface area contributed by atoms with E-state index < -0.39 is 22.1 Å². The van der Waals surface area contributed by atoms with Gasteiger partial charge in [0.05, 0.1) is 11.4 Å². The predicted octanol–water partition coefficient (Wildman–Crippen LogP) is 2.11. The molecule has 2 aliphatic rings. The summed E-state index contributed by atoms with van der Waals surface area (Å²) < 4.78 is 67.2. The van der Waals surface area contributed by atoms with Crippen LogP contribution in [0.25, 0.3) is 0 Å². The van der Waals surface area contributed by atoms with Crippen LogP contribution in [0.15, 0.2) is 29.2 Å². The number of nitrogens with zero attached hydrogens (tertiary/aromatic N) is 2. The van der Waals surface area contributed by atoms with Crippen LogP contribution < -0.4 is 10.1 Å². The third kappa shape index (κ3) is 6.35. The molecule has 0 radical (unpaired) electrons. The Hall–Kier alpha value is -2.34. The molecule has 1 saturated heterocycles. The van der Waals surface area contributed by atoms with Crippen molar-refractivity contribution in [1.29, 1.82) is 0 Å². The summed E-state index contributed by atoms with van der Waals surface area (Å²) in [5.74, 6) is -0.953. The number of benzene rings is 1. The Morgan fingerprint density at radius 3 is 2.16 bits per heavy atom. The molecule has 1 aromatic carbocycles. The number of piperazine rings is 1. The Morgan fingerprint density at radius 1 is 1.00 bits per heavy atom. The molecule has 0 bridgehead atoms. The number of halogens is 3. The van der Waals surface area contributed by atoms with Crippen molar-refractivity contribution in [1.82, 2.24) is 14.5 Å². The van der Waals surface area contributed by atoms with Gasteiger partial charge in [0.2, 0.25) is 21.8 Å². The van der Waals surface area contributed by atoms with Crippen LogP contribution in [-0.4, -0.2) is 68.5 Å². The molecule has 1 aliphatic heterocycles. The van der Waals surface area contributed by atoms with Crippen LogP contribution in [0, 0.1) is 5.92 Å². The van der Waals surface area contributed by atoms with Crippen LogP contribution in [0.1, 0.15) is 32.1 Å². The zero-order chi connectivity index (χ0) is 23.4. The maximum Gasteiger partial charge on any atom is 0.573 e. The summed E-state index contributed by atoms with van der Waals surface area (Å²) in [4.78, 5) is 25.9. The second-order valence-electron chi connectivity index (χ2n) is 7.86. The molecular weight excluding hydrogens is 451 g/mol. The number of amides is 2. The van der Waals surface area contributed by atoms with Crippen molar-refractivity contribution in [2.45, 2.75) is 43.4 Å². The number of nitrogens with one attached hydrogen (secondary N) is 1. The van der Waals surface area contributed by atoms with E-state index in [1.54, 1.807) is 0 Å². The smallest absolute Gasteiger partial charge is 0.406 e. The number of rotatable bonds is 6. The van der Waals surface area contributed by atoms with E-state index in [9.17, 15) is 31.2 Å². The molecule has 178 valence electrons. The topological polar surface area (TPSA) is 96.0 Å². The summed E-state index contributed by atoms with van der Waals surface area (Å²) in [6.07, 6.45) is -0.0403. The van der Waals surface area contributed by atoms with Gasteiger partial charge in [0.15, 0.2) is 0 Å². The molecule has 1 saturated carbocycles. The van der Waals surface area contributed by atoms with Crippen molar-refractivity contribution in [2.24, 2.45) is 5.92 Å². The second-order valence-corrected chi connectivity index (χ2v) is 9.79. The molecule has 12 heteroatoms. The van der Waals surface area contributed by atoms with Crippen LogP contribution in [0.5, 0.6) is 5.75 Å². The molecule has 1 N–H and O–H groups in total. The highest BCUT2D eigenvalue weighted by atomic mass is 32.2. The normalized spacial score (nSPS) is 18.9. The van der Waals surface area contributed by atoms with Crippen molar-refractivity contribution < 1.29 is 35.9 Å². The highest BCUT2D eigenvalue weighted by molar-refractivity contribution is 7.89. The standard InChI is InChI=1S/C20H26F3N3O5S/c21-20(22,23)31-16-6-8-17(9-7-16)32(29,30)26-12-10-25(11-13-26)18(27)14-24-19(28)15-4-2-1-3-5-15/h6-9,15H,1-5,10-14H2,(H,24,28). The summed E-state index contributed by atoms with van der Waals surface area (Å²) >= 11 is 0. The minimum Gasteiger partial charge on any atom is -0.406 e. The molecule has 0 unspecified atom stereocenters. The highest BCUT2D eigenvalue weighted by Gasteiger charge is 2.33. The summed E-state index contributed by atoms with van der Waals surface area (Å²) in [7, 11) is -3.92. The monoisotopic (exact) mass is 477 g/mol. The average molecular weight is 478 g/mol. The van der Waals surface area contributed by atoms with Crippen LogP contribution in [-0.2, 0) is 19.6 Å². The first-order valence-electron chi connectivity index (χ1n) is 10.5. The molecule has 8 nitrogen and oxygen atoms in total. The first kappa shape index (κ1) is 24.3. The van der Waals surface area contributed by atoms with Crippen LogP contribution >= 0.6 is 0 Å². The van der Waals surface area contributed by atoms with Gasteiger partial charge < -0.3 is 15.0 Å². The van der Waals surface area contributed by atoms with Crippen molar-refractivity contribution in [3.63, 3.8) is 0 Å². The van der Waals surface area contributed by atoms with Gasteiger partial charge >= 0.3 is 6.36 Å². The summed E-state index contributed by atoms with van der Waals surface area (Å²) in [5, 5.41) is 2.68. The van der Waals surface area contributed by atoms with Gasteiger partial charge in [0, 0.05) is 32.1 Å². The molecule has 2 amide bonds. The molecule has 1 aliphatic carbocycles. The van der Waals surface area contributed by atoms with Crippen molar-refractivity contribution in [2.75, 3.05) is 32.7 Å². The first-order chi connectivity index (χ1) is 15.1. The van der Waals surface area contributed by atoms with Gasteiger partial charge in [0.25, 0.3) is 0 Å². The summed E-state index contributed by atoms with van der Waals surface area (Å²) in [5.41, 5.74) is 0. The number of hydrogen-bond donors (Lipinski definition) is 1. The zero-order valence-corrected chi connectivity index (χ0v) is 18.3. The van der Waals surface area contributed by atoms with Crippen molar-refractivity contribution in [3.8, 4) is 5.75 Å². The number of carbonyl (C=O) groups excluding carboxylic acids is 2. The Labute approximate surface area is 184 Å². The van der Waals surface area contributed by atoms with E-state index in [4.69, 9.17) is 0 Å². The fraction of sp³-hybridized carbons (Fsp3) is 0.600. The Morgan fingerprint density at radius 2 is 1.59 bits per heavy atom. The third-order valence-electron chi connectivity index (χ3n) is 5.68. The number of hydrogen-bond acceptors (Lipinski definition) is 5. The minimum absolute atomic E-state index is 0.0471.